The number of rotatable bonds is 11. The van der Waals surface area contributed by atoms with Gasteiger partial charge in [-0.3, -0.25) is 14.4 Å². The molecular formula is C24H32N4O3. The summed E-state index contributed by atoms with van der Waals surface area (Å²) >= 11 is 0. The molecule has 4 N–H and O–H groups in total. The van der Waals surface area contributed by atoms with Crippen LogP contribution in [0.15, 0.2) is 48.5 Å². The minimum Gasteiger partial charge on any atom is -0.376 e. The molecule has 2 aromatic rings. The van der Waals surface area contributed by atoms with E-state index in [1.807, 2.05) is 13.8 Å². The van der Waals surface area contributed by atoms with Gasteiger partial charge in [-0.25, -0.2) is 0 Å². The zero-order valence-electron chi connectivity index (χ0n) is 18.5. The summed E-state index contributed by atoms with van der Waals surface area (Å²) in [6.45, 7) is 6.69. The molecule has 0 saturated carbocycles. The Morgan fingerprint density at radius 2 is 1.55 bits per heavy atom. The first kappa shape index (κ1) is 23.9. The average molecular weight is 425 g/mol. The molecule has 31 heavy (non-hydrogen) atoms. The lowest BCUT2D eigenvalue weighted by atomic mass is 10.1. The SMILES string of the molecule is CCCCNC(=O)c1cccc(NC(=O)CNc2cccc(C(=O)NC(C)CC)c2)c1. The summed E-state index contributed by atoms with van der Waals surface area (Å²) in [5, 5.41) is 11.6. The van der Waals surface area contributed by atoms with Gasteiger partial charge in [-0.1, -0.05) is 32.4 Å². The number of nitrogens with one attached hydrogen (secondary N) is 4. The topological polar surface area (TPSA) is 99.3 Å². The van der Waals surface area contributed by atoms with E-state index in [2.05, 4.69) is 28.2 Å². The number of hydrogen-bond acceptors (Lipinski definition) is 4. The quantitative estimate of drug-likeness (QED) is 0.412. The fraction of sp³-hybridized carbons (Fsp3) is 0.375. The molecule has 3 amide bonds. The molecule has 0 aliphatic carbocycles. The van der Waals surface area contributed by atoms with E-state index in [0.717, 1.165) is 19.3 Å². The lowest BCUT2D eigenvalue weighted by Gasteiger charge is -2.13. The molecule has 1 unspecified atom stereocenters. The number of benzene rings is 2. The van der Waals surface area contributed by atoms with Gasteiger partial charge in [0.1, 0.15) is 0 Å². The maximum Gasteiger partial charge on any atom is 0.251 e. The molecule has 166 valence electrons. The minimum absolute atomic E-state index is 0.0311. The number of anilines is 2. The van der Waals surface area contributed by atoms with Crippen LogP contribution in [0.5, 0.6) is 0 Å². The molecule has 0 aromatic heterocycles. The predicted molar refractivity (Wildman–Crippen MR) is 124 cm³/mol. The van der Waals surface area contributed by atoms with Crippen LogP contribution >= 0.6 is 0 Å². The van der Waals surface area contributed by atoms with Crippen LogP contribution in [-0.2, 0) is 4.79 Å². The van der Waals surface area contributed by atoms with Crippen LogP contribution in [0.3, 0.4) is 0 Å². The van der Waals surface area contributed by atoms with Gasteiger partial charge in [0.15, 0.2) is 0 Å². The molecule has 0 aliphatic heterocycles. The van der Waals surface area contributed by atoms with E-state index < -0.39 is 0 Å². The highest BCUT2D eigenvalue weighted by Crippen LogP contribution is 2.13. The van der Waals surface area contributed by atoms with Crippen molar-refractivity contribution in [1.29, 1.82) is 0 Å². The first-order chi connectivity index (χ1) is 14.9. The third kappa shape index (κ3) is 8.12. The third-order valence-electron chi connectivity index (χ3n) is 4.79. The Morgan fingerprint density at radius 3 is 2.23 bits per heavy atom. The van der Waals surface area contributed by atoms with Crippen LogP contribution in [0.2, 0.25) is 0 Å². The molecule has 0 fully saturated rings. The highest BCUT2D eigenvalue weighted by molar-refractivity contribution is 5.98. The van der Waals surface area contributed by atoms with E-state index in [4.69, 9.17) is 0 Å². The van der Waals surface area contributed by atoms with E-state index in [1.165, 1.54) is 0 Å². The van der Waals surface area contributed by atoms with Gasteiger partial charge < -0.3 is 21.3 Å². The van der Waals surface area contributed by atoms with Crippen molar-refractivity contribution < 1.29 is 14.4 Å². The molecule has 2 aromatic carbocycles. The largest absolute Gasteiger partial charge is 0.376 e. The molecule has 0 aliphatic rings. The molecule has 0 saturated heterocycles. The first-order valence-electron chi connectivity index (χ1n) is 10.8. The molecule has 0 radical (unpaired) electrons. The van der Waals surface area contributed by atoms with Crippen LogP contribution in [0, 0.1) is 0 Å². The smallest absolute Gasteiger partial charge is 0.251 e. The fourth-order valence-corrected chi connectivity index (χ4v) is 2.79. The lowest BCUT2D eigenvalue weighted by molar-refractivity contribution is -0.114. The molecule has 0 bridgehead atoms. The van der Waals surface area contributed by atoms with E-state index >= 15 is 0 Å². The second-order valence-corrected chi connectivity index (χ2v) is 7.46. The average Bonchev–Trinajstić information content (AvgIpc) is 2.78. The number of hydrogen-bond donors (Lipinski definition) is 4. The van der Waals surface area contributed by atoms with E-state index in [1.54, 1.807) is 48.5 Å². The summed E-state index contributed by atoms with van der Waals surface area (Å²) in [7, 11) is 0. The van der Waals surface area contributed by atoms with Crippen LogP contribution in [0.4, 0.5) is 11.4 Å². The van der Waals surface area contributed by atoms with Gasteiger partial charge in [0.25, 0.3) is 11.8 Å². The Balaban J connectivity index is 1.90. The lowest BCUT2D eigenvalue weighted by Crippen LogP contribution is -2.31. The summed E-state index contributed by atoms with van der Waals surface area (Å²) in [6.07, 6.45) is 2.79. The van der Waals surface area contributed by atoms with Gasteiger partial charge in [0.05, 0.1) is 6.54 Å². The second kappa shape index (κ2) is 12.4. The van der Waals surface area contributed by atoms with Crippen molar-refractivity contribution in [3.05, 3.63) is 59.7 Å². The van der Waals surface area contributed by atoms with Crippen LogP contribution in [-0.4, -0.2) is 36.9 Å². The summed E-state index contributed by atoms with van der Waals surface area (Å²) in [4.78, 5) is 36.8. The third-order valence-corrected chi connectivity index (χ3v) is 4.79. The molecule has 2 rings (SSSR count). The van der Waals surface area contributed by atoms with Gasteiger partial charge in [-0.05, 0) is 56.2 Å². The van der Waals surface area contributed by atoms with Gasteiger partial charge in [-0.2, -0.15) is 0 Å². The van der Waals surface area contributed by atoms with Crippen molar-refractivity contribution in [2.45, 2.75) is 46.1 Å². The monoisotopic (exact) mass is 424 g/mol. The maximum atomic E-state index is 12.3. The summed E-state index contributed by atoms with van der Waals surface area (Å²) in [6, 6.07) is 14.0. The molecule has 7 heteroatoms. The van der Waals surface area contributed by atoms with E-state index in [0.29, 0.717) is 29.0 Å². The van der Waals surface area contributed by atoms with Gasteiger partial charge in [0, 0.05) is 35.1 Å². The fourth-order valence-electron chi connectivity index (χ4n) is 2.79. The summed E-state index contributed by atoms with van der Waals surface area (Å²) in [5.74, 6) is -0.551. The van der Waals surface area contributed by atoms with E-state index in [9.17, 15) is 14.4 Å². The van der Waals surface area contributed by atoms with Crippen LogP contribution in [0.1, 0.15) is 60.7 Å². The van der Waals surface area contributed by atoms with Gasteiger partial charge >= 0.3 is 0 Å². The number of amides is 3. The number of unbranched alkanes of at least 4 members (excludes halogenated alkanes) is 1. The number of carbonyl (C=O) groups is 3. The van der Waals surface area contributed by atoms with Crippen LogP contribution in [0.25, 0.3) is 0 Å². The second-order valence-electron chi connectivity index (χ2n) is 7.46. The van der Waals surface area contributed by atoms with E-state index in [-0.39, 0.29) is 30.3 Å². The number of carbonyl (C=O) groups excluding carboxylic acids is 3. The Morgan fingerprint density at radius 1 is 0.903 bits per heavy atom. The first-order valence-corrected chi connectivity index (χ1v) is 10.8. The predicted octanol–water partition coefficient (Wildman–Crippen LogP) is 3.80. The molecule has 7 nitrogen and oxygen atoms in total. The zero-order valence-corrected chi connectivity index (χ0v) is 18.5. The van der Waals surface area contributed by atoms with Gasteiger partial charge in [0.2, 0.25) is 5.91 Å². The van der Waals surface area contributed by atoms with Crippen molar-refractivity contribution >= 4 is 29.1 Å². The maximum absolute atomic E-state index is 12.3. The highest BCUT2D eigenvalue weighted by Gasteiger charge is 2.10. The summed E-state index contributed by atoms with van der Waals surface area (Å²) < 4.78 is 0. The molecule has 0 spiro atoms. The normalized spacial score (nSPS) is 11.3. The zero-order chi connectivity index (χ0) is 22.6. The Hall–Kier alpha value is -3.35. The highest BCUT2D eigenvalue weighted by atomic mass is 16.2. The van der Waals surface area contributed by atoms with Crippen molar-refractivity contribution in [3.63, 3.8) is 0 Å². The molecule has 0 heterocycles. The van der Waals surface area contributed by atoms with Gasteiger partial charge in [-0.15, -0.1) is 0 Å². The van der Waals surface area contributed by atoms with Crippen molar-refractivity contribution in [3.8, 4) is 0 Å². The Labute approximate surface area is 184 Å². The summed E-state index contributed by atoms with van der Waals surface area (Å²) in [5.41, 5.74) is 2.27. The van der Waals surface area contributed by atoms with Crippen molar-refractivity contribution in [2.24, 2.45) is 0 Å². The molecule has 1 atom stereocenters. The van der Waals surface area contributed by atoms with Crippen molar-refractivity contribution in [2.75, 3.05) is 23.7 Å². The Bertz CT molecular complexity index is 898. The standard InChI is InChI=1S/C24H32N4O3/c1-4-6-13-25-23(30)18-9-8-12-21(15-18)28-22(29)16-26-20-11-7-10-19(14-20)24(31)27-17(3)5-2/h7-12,14-15,17,26H,4-6,13,16H2,1-3H3,(H,25,30)(H,27,31)(H,28,29). The minimum atomic E-state index is -0.252. The Kier molecular flexibility index (Phi) is 9.55. The van der Waals surface area contributed by atoms with Crippen LogP contribution < -0.4 is 21.3 Å². The molecular weight excluding hydrogens is 392 g/mol. The van der Waals surface area contributed by atoms with Crippen molar-refractivity contribution in [1.82, 2.24) is 10.6 Å².